The summed E-state index contributed by atoms with van der Waals surface area (Å²) in [5, 5.41) is 11.2. The number of nitrogens with zero attached hydrogens (tertiary/aromatic N) is 2. The minimum absolute atomic E-state index is 0.00640. The van der Waals surface area contributed by atoms with E-state index in [-0.39, 0.29) is 16.9 Å². The molecule has 0 aliphatic heterocycles. The van der Waals surface area contributed by atoms with Gasteiger partial charge < -0.3 is 9.88 Å². The van der Waals surface area contributed by atoms with E-state index in [9.17, 15) is 27.6 Å². The standard InChI is InChI=1S/C22H19F4N3O3/c1-11-16(19(31)15(30)7-21(2)9-22(25,26)10-21)17(24)18(29(11)3)20(32)28-13-4-5-14(23)12(6-13)8-27/h4-6H,7,9-10H2,1-3H3,(H,28,32). The molecule has 0 unspecified atom stereocenters. The van der Waals surface area contributed by atoms with Crippen LogP contribution in [0.15, 0.2) is 18.2 Å². The summed E-state index contributed by atoms with van der Waals surface area (Å²) >= 11 is 0. The van der Waals surface area contributed by atoms with Gasteiger partial charge in [-0.3, -0.25) is 14.4 Å². The lowest BCUT2D eigenvalue weighted by atomic mass is 9.64. The zero-order chi connectivity index (χ0) is 24.0. The molecule has 1 heterocycles. The van der Waals surface area contributed by atoms with Gasteiger partial charge in [-0.15, -0.1) is 0 Å². The van der Waals surface area contributed by atoms with E-state index in [0.717, 1.165) is 16.7 Å². The first-order valence-corrected chi connectivity index (χ1v) is 9.60. The van der Waals surface area contributed by atoms with Crippen molar-refractivity contribution in [2.45, 2.75) is 39.0 Å². The highest BCUT2D eigenvalue weighted by molar-refractivity contribution is 6.44. The van der Waals surface area contributed by atoms with Crippen LogP contribution < -0.4 is 5.32 Å². The van der Waals surface area contributed by atoms with Crippen LogP contribution in [-0.4, -0.2) is 28.0 Å². The van der Waals surface area contributed by atoms with Gasteiger partial charge in [-0.1, -0.05) is 6.92 Å². The van der Waals surface area contributed by atoms with Crippen LogP contribution in [0.5, 0.6) is 0 Å². The van der Waals surface area contributed by atoms with Crippen LogP contribution in [-0.2, 0) is 11.8 Å². The molecule has 1 aromatic heterocycles. The van der Waals surface area contributed by atoms with E-state index in [0.29, 0.717) is 0 Å². The maximum atomic E-state index is 15.1. The molecule has 1 N–H and O–H groups in total. The molecule has 10 heteroatoms. The number of Topliss-reactive ketones (excluding diaryl/α,β-unsaturated/α-hetero) is 2. The number of ketones is 2. The first kappa shape index (κ1) is 23.2. The van der Waals surface area contributed by atoms with Crippen LogP contribution in [0.3, 0.4) is 0 Å². The van der Waals surface area contributed by atoms with Crippen molar-refractivity contribution in [2.24, 2.45) is 12.5 Å². The van der Waals surface area contributed by atoms with Crippen molar-refractivity contribution in [3.63, 3.8) is 0 Å². The zero-order valence-electron chi connectivity index (χ0n) is 17.5. The number of hydrogen-bond acceptors (Lipinski definition) is 4. The number of aromatic nitrogens is 1. The number of nitrogens with one attached hydrogen (secondary N) is 1. The summed E-state index contributed by atoms with van der Waals surface area (Å²) in [7, 11) is 1.31. The number of anilines is 1. The molecule has 1 saturated carbocycles. The highest BCUT2D eigenvalue weighted by Gasteiger charge is 2.54. The highest BCUT2D eigenvalue weighted by Crippen LogP contribution is 2.53. The largest absolute Gasteiger partial charge is 0.341 e. The number of nitriles is 1. The summed E-state index contributed by atoms with van der Waals surface area (Å²) in [6.45, 7) is 2.80. The van der Waals surface area contributed by atoms with Gasteiger partial charge in [-0.05, 0) is 30.5 Å². The summed E-state index contributed by atoms with van der Waals surface area (Å²) in [5.74, 6) is -8.11. The maximum absolute atomic E-state index is 15.1. The summed E-state index contributed by atoms with van der Waals surface area (Å²) < 4.78 is 56.0. The van der Waals surface area contributed by atoms with E-state index < -0.39 is 71.0 Å². The Morgan fingerprint density at radius 2 is 1.84 bits per heavy atom. The predicted octanol–water partition coefficient (Wildman–Crippen LogP) is 4.31. The van der Waals surface area contributed by atoms with Crippen molar-refractivity contribution in [1.29, 1.82) is 5.26 Å². The van der Waals surface area contributed by atoms with Gasteiger partial charge >= 0.3 is 0 Å². The van der Waals surface area contributed by atoms with Crippen LogP contribution in [0.1, 0.15) is 58.3 Å². The monoisotopic (exact) mass is 449 g/mol. The van der Waals surface area contributed by atoms with Gasteiger partial charge in [0.15, 0.2) is 5.82 Å². The van der Waals surface area contributed by atoms with Gasteiger partial charge in [-0.2, -0.15) is 5.26 Å². The van der Waals surface area contributed by atoms with E-state index in [4.69, 9.17) is 5.26 Å². The lowest BCUT2D eigenvalue weighted by Gasteiger charge is -2.44. The Hall–Kier alpha value is -3.48. The van der Waals surface area contributed by atoms with Crippen LogP contribution in [0.4, 0.5) is 23.2 Å². The van der Waals surface area contributed by atoms with Gasteiger partial charge in [0.05, 0.1) is 11.1 Å². The average Bonchev–Trinajstić information content (AvgIpc) is 2.89. The molecule has 6 nitrogen and oxygen atoms in total. The normalized spacial score (nSPS) is 16.1. The van der Waals surface area contributed by atoms with E-state index in [1.165, 1.54) is 27.0 Å². The molecule has 0 saturated heterocycles. The predicted molar refractivity (Wildman–Crippen MR) is 105 cm³/mol. The Labute approximate surface area is 180 Å². The van der Waals surface area contributed by atoms with E-state index in [1.807, 2.05) is 0 Å². The Morgan fingerprint density at radius 3 is 2.41 bits per heavy atom. The van der Waals surface area contributed by atoms with Gasteiger partial charge in [0.2, 0.25) is 17.5 Å². The van der Waals surface area contributed by atoms with Crippen LogP contribution in [0.25, 0.3) is 0 Å². The van der Waals surface area contributed by atoms with Gasteiger partial charge in [-0.25, -0.2) is 17.6 Å². The SMILES string of the molecule is Cc1c(C(=O)C(=O)CC2(C)CC(F)(F)C2)c(F)c(C(=O)Nc2ccc(F)c(C#N)c2)n1C. The summed E-state index contributed by atoms with van der Waals surface area (Å²) in [6.07, 6.45) is -1.53. The van der Waals surface area contributed by atoms with Crippen molar-refractivity contribution < 1.29 is 31.9 Å². The molecule has 0 atom stereocenters. The molecular weight excluding hydrogens is 430 g/mol. The third-order valence-electron chi connectivity index (χ3n) is 5.63. The number of carbonyl (C=O) groups excluding carboxylic acids is 3. The van der Waals surface area contributed by atoms with Crippen molar-refractivity contribution in [2.75, 3.05) is 5.32 Å². The fourth-order valence-electron chi connectivity index (χ4n) is 4.08. The maximum Gasteiger partial charge on any atom is 0.275 e. The molecule has 1 aromatic carbocycles. The van der Waals surface area contributed by atoms with E-state index >= 15 is 4.39 Å². The molecule has 0 spiro atoms. The smallest absolute Gasteiger partial charge is 0.275 e. The molecule has 32 heavy (non-hydrogen) atoms. The van der Waals surface area contributed by atoms with Crippen molar-refractivity contribution in [3.8, 4) is 6.07 Å². The van der Waals surface area contributed by atoms with E-state index in [1.54, 1.807) is 6.07 Å². The quantitative estimate of drug-likeness (QED) is 0.404. The Bertz CT molecular complexity index is 1190. The molecule has 1 amide bonds. The number of benzene rings is 1. The number of amides is 1. The van der Waals surface area contributed by atoms with Crippen LogP contribution in [0.2, 0.25) is 0 Å². The molecule has 1 aliphatic rings. The fraction of sp³-hybridized carbons (Fsp3) is 0.364. The molecule has 0 radical (unpaired) electrons. The first-order chi connectivity index (χ1) is 14.8. The van der Waals surface area contributed by atoms with Crippen molar-refractivity contribution in [1.82, 2.24) is 4.57 Å². The van der Waals surface area contributed by atoms with E-state index in [2.05, 4.69) is 5.32 Å². The summed E-state index contributed by atoms with van der Waals surface area (Å²) in [5.41, 5.74) is -2.50. The Kier molecular flexibility index (Phi) is 5.72. The Balaban J connectivity index is 1.85. The molecular formula is C22H19F4N3O3. The second-order valence-electron chi connectivity index (χ2n) is 8.39. The lowest BCUT2D eigenvalue weighted by Crippen LogP contribution is -2.45. The number of halogens is 4. The molecule has 1 fully saturated rings. The number of alkyl halides is 2. The molecule has 0 bridgehead atoms. The minimum Gasteiger partial charge on any atom is -0.341 e. The number of carbonyl (C=O) groups is 3. The topological polar surface area (TPSA) is 92.0 Å². The van der Waals surface area contributed by atoms with Gasteiger partial charge in [0.1, 0.15) is 17.6 Å². The Morgan fingerprint density at radius 1 is 1.22 bits per heavy atom. The van der Waals surface area contributed by atoms with Gasteiger partial charge in [0, 0.05) is 37.7 Å². The molecule has 168 valence electrons. The number of hydrogen-bond donors (Lipinski definition) is 1. The third-order valence-corrected chi connectivity index (χ3v) is 5.63. The van der Waals surface area contributed by atoms with Crippen LogP contribution in [0, 0.1) is 35.3 Å². The first-order valence-electron chi connectivity index (χ1n) is 9.60. The van der Waals surface area contributed by atoms with Crippen molar-refractivity contribution in [3.05, 3.63) is 52.3 Å². The number of rotatable bonds is 6. The third kappa shape index (κ3) is 4.15. The van der Waals surface area contributed by atoms with Crippen LogP contribution >= 0.6 is 0 Å². The highest BCUT2D eigenvalue weighted by atomic mass is 19.3. The molecule has 3 rings (SSSR count). The molecule has 2 aromatic rings. The summed E-state index contributed by atoms with van der Waals surface area (Å²) in [6, 6.07) is 4.80. The second-order valence-corrected chi connectivity index (χ2v) is 8.39. The van der Waals surface area contributed by atoms with Crippen molar-refractivity contribution >= 4 is 23.2 Å². The fourth-order valence-corrected chi connectivity index (χ4v) is 4.08. The minimum atomic E-state index is -2.89. The lowest BCUT2D eigenvalue weighted by molar-refractivity contribution is -0.159. The molecule has 1 aliphatic carbocycles. The second kappa shape index (κ2) is 7.89. The summed E-state index contributed by atoms with van der Waals surface area (Å²) in [4.78, 5) is 37.7. The zero-order valence-corrected chi connectivity index (χ0v) is 17.5. The average molecular weight is 449 g/mol. The van der Waals surface area contributed by atoms with Gasteiger partial charge in [0.25, 0.3) is 5.91 Å².